The normalized spacial score (nSPS) is 38.1. The molecule has 0 amide bonds. The van der Waals surface area contributed by atoms with E-state index in [1.54, 1.807) is 11.3 Å². The predicted octanol–water partition coefficient (Wildman–Crippen LogP) is 3.02. The van der Waals surface area contributed by atoms with Crippen LogP contribution in [0.3, 0.4) is 0 Å². The second-order valence-corrected chi connectivity index (χ2v) is 5.72. The van der Waals surface area contributed by atoms with Crippen molar-refractivity contribution in [2.75, 3.05) is 0 Å². The molecule has 15 heavy (non-hydrogen) atoms. The summed E-state index contributed by atoms with van der Waals surface area (Å²) in [6.07, 6.45) is 5.91. The topological polar surface area (TPSA) is 36.7 Å². The molecule has 1 aromatic rings. The van der Waals surface area contributed by atoms with Gasteiger partial charge in [-0.05, 0) is 31.1 Å². The van der Waals surface area contributed by atoms with Crippen molar-refractivity contribution < 1.29 is 0 Å². The van der Waals surface area contributed by atoms with Crippen LogP contribution in [0.2, 0.25) is 0 Å². The fourth-order valence-electron chi connectivity index (χ4n) is 3.49. The average molecular weight is 218 g/mol. The van der Waals surface area contributed by atoms with Gasteiger partial charge < -0.3 is 0 Å². The zero-order chi connectivity index (χ0) is 10.3. The van der Waals surface area contributed by atoms with Crippen LogP contribution in [0.5, 0.6) is 0 Å². The summed E-state index contributed by atoms with van der Waals surface area (Å²) >= 11 is 1.63. The summed E-state index contributed by atoms with van der Waals surface area (Å²) in [6.45, 7) is 0. The highest BCUT2D eigenvalue weighted by Gasteiger charge is 2.51. The zero-order valence-corrected chi connectivity index (χ0v) is 9.46. The zero-order valence-electron chi connectivity index (χ0n) is 8.65. The van der Waals surface area contributed by atoms with Gasteiger partial charge in [0, 0.05) is 11.8 Å². The number of nitrogens with zero attached hydrogens (tertiary/aromatic N) is 2. The molecule has 2 nitrogen and oxygen atoms in total. The van der Waals surface area contributed by atoms with Gasteiger partial charge >= 0.3 is 0 Å². The summed E-state index contributed by atoms with van der Waals surface area (Å²) in [4.78, 5) is 4.32. The molecule has 0 aliphatic heterocycles. The van der Waals surface area contributed by atoms with Crippen molar-refractivity contribution in [3.8, 4) is 6.07 Å². The minimum Gasteiger partial charge on any atom is -0.250 e. The van der Waals surface area contributed by atoms with Gasteiger partial charge in [0.15, 0.2) is 0 Å². The van der Waals surface area contributed by atoms with Gasteiger partial charge in [-0.1, -0.05) is 6.42 Å². The molecule has 3 atom stereocenters. The van der Waals surface area contributed by atoms with Crippen LogP contribution < -0.4 is 0 Å². The maximum Gasteiger partial charge on any atom is 0.0794 e. The lowest BCUT2D eigenvalue weighted by molar-refractivity contribution is 0.237. The van der Waals surface area contributed by atoms with Gasteiger partial charge in [-0.3, -0.25) is 0 Å². The number of fused-ring (bicyclic) bond motifs is 2. The van der Waals surface area contributed by atoms with Crippen LogP contribution in [0, 0.1) is 28.6 Å². The third-order valence-corrected chi connectivity index (χ3v) is 4.81. The monoisotopic (exact) mass is 218 g/mol. The minimum atomic E-state index is -0.0724. The first-order valence-electron chi connectivity index (χ1n) is 5.61. The van der Waals surface area contributed by atoms with Crippen molar-refractivity contribution in [2.45, 2.75) is 32.1 Å². The lowest BCUT2D eigenvalue weighted by atomic mass is 9.71. The molecule has 0 spiro atoms. The van der Waals surface area contributed by atoms with E-state index < -0.39 is 0 Å². The molecule has 0 saturated heterocycles. The maximum atomic E-state index is 9.46. The van der Waals surface area contributed by atoms with Gasteiger partial charge in [0.25, 0.3) is 0 Å². The molecule has 2 saturated carbocycles. The minimum absolute atomic E-state index is 0.0724. The predicted molar refractivity (Wildman–Crippen MR) is 59.3 cm³/mol. The van der Waals surface area contributed by atoms with E-state index in [9.17, 15) is 5.26 Å². The first kappa shape index (κ1) is 9.35. The van der Waals surface area contributed by atoms with Gasteiger partial charge in [-0.25, -0.2) is 4.98 Å². The summed E-state index contributed by atoms with van der Waals surface area (Å²) in [6, 6.07) is 2.61. The van der Waals surface area contributed by atoms with Crippen LogP contribution in [0.25, 0.3) is 0 Å². The van der Waals surface area contributed by atoms with E-state index in [-0.39, 0.29) is 5.41 Å². The number of rotatable bonds is 2. The molecule has 2 fully saturated rings. The largest absolute Gasteiger partial charge is 0.250 e. The van der Waals surface area contributed by atoms with Crippen LogP contribution >= 0.6 is 11.3 Å². The number of nitriles is 1. The van der Waals surface area contributed by atoms with E-state index >= 15 is 0 Å². The highest BCUT2D eigenvalue weighted by atomic mass is 32.1. The van der Waals surface area contributed by atoms with E-state index in [2.05, 4.69) is 16.4 Å². The molecule has 78 valence electrons. The lowest BCUT2D eigenvalue weighted by Gasteiger charge is -2.30. The molecule has 1 heterocycles. The Hall–Kier alpha value is -0.880. The van der Waals surface area contributed by atoms with Gasteiger partial charge in [-0.15, -0.1) is 11.3 Å². The van der Waals surface area contributed by atoms with E-state index in [1.807, 2.05) is 5.51 Å². The first-order chi connectivity index (χ1) is 7.32. The molecule has 2 aliphatic carbocycles. The summed E-state index contributed by atoms with van der Waals surface area (Å²) in [5.74, 6) is 1.47. The van der Waals surface area contributed by atoms with E-state index in [0.717, 1.165) is 24.5 Å². The number of hydrogen-bond acceptors (Lipinski definition) is 3. The summed E-state index contributed by atoms with van der Waals surface area (Å²) in [5, 5.41) is 11.6. The highest BCUT2D eigenvalue weighted by Crippen LogP contribution is 2.56. The van der Waals surface area contributed by atoms with Gasteiger partial charge in [0.05, 0.1) is 22.7 Å². The number of hydrogen-bond donors (Lipinski definition) is 0. The second-order valence-electron chi connectivity index (χ2n) is 5.00. The quantitative estimate of drug-likeness (QED) is 0.765. The van der Waals surface area contributed by atoms with Gasteiger partial charge in [-0.2, -0.15) is 5.26 Å². The second kappa shape index (κ2) is 3.31. The third kappa shape index (κ3) is 1.39. The smallest absolute Gasteiger partial charge is 0.0794 e. The molecule has 2 bridgehead atoms. The number of thiazole rings is 1. The van der Waals surface area contributed by atoms with Crippen LogP contribution in [-0.2, 0) is 6.42 Å². The average Bonchev–Trinajstić information content (AvgIpc) is 2.93. The van der Waals surface area contributed by atoms with E-state index in [1.165, 1.54) is 19.3 Å². The van der Waals surface area contributed by atoms with Crippen LogP contribution in [0.1, 0.15) is 31.4 Å². The lowest BCUT2D eigenvalue weighted by Crippen LogP contribution is -2.28. The molecular formula is C12H14N2S. The summed E-state index contributed by atoms with van der Waals surface area (Å²) in [7, 11) is 0. The Kier molecular flexibility index (Phi) is 2.07. The standard InChI is InChI=1S/C12H14N2S/c13-7-12(5-11-6-15-8-14-11)4-9-1-2-10(12)3-9/h6,8-10H,1-5H2. The summed E-state index contributed by atoms with van der Waals surface area (Å²) < 4.78 is 0. The Bertz CT molecular complexity index is 392. The van der Waals surface area contributed by atoms with Gasteiger partial charge in [0.1, 0.15) is 0 Å². The van der Waals surface area contributed by atoms with Crippen molar-refractivity contribution in [3.63, 3.8) is 0 Å². The van der Waals surface area contributed by atoms with Crippen molar-refractivity contribution in [1.82, 2.24) is 4.98 Å². The van der Waals surface area contributed by atoms with Crippen molar-refractivity contribution in [2.24, 2.45) is 17.3 Å². The Balaban J connectivity index is 1.86. The Morgan fingerprint density at radius 2 is 2.53 bits per heavy atom. The fraction of sp³-hybridized carbons (Fsp3) is 0.667. The Morgan fingerprint density at radius 3 is 3.07 bits per heavy atom. The van der Waals surface area contributed by atoms with Crippen molar-refractivity contribution in [3.05, 3.63) is 16.6 Å². The SMILES string of the molecule is N#CC1(Cc2cscn2)CC2CCC1C2. The summed E-state index contributed by atoms with van der Waals surface area (Å²) in [5.41, 5.74) is 2.92. The number of aromatic nitrogens is 1. The Morgan fingerprint density at radius 1 is 1.60 bits per heavy atom. The molecule has 2 aliphatic rings. The Labute approximate surface area is 94.0 Å². The van der Waals surface area contributed by atoms with E-state index in [0.29, 0.717) is 5.92 Å². The molecule has 1 aromatic heterocycles. The molecule has 3 rings (SSSR count). The molecule has 0 N–H and O–H groups in total. The van der Waals surface area contributed by atoms with Crippen molar-refractivity contribution in [1.29, 1.82) is 5.26 Å². The van der Waals surface area contributed by atoms with E-state index in [4.69, 9.17) is 0 Å². The van der Waals surface area contributed by atoms with Crippen molar-refractivity contribution >= 4 is 11.3 Å². The third-order valence-electron chi connectivity index (χ3n) is 4.18. The van der Waals surface area contributed by atoms with Crippen LogP contribution in [-0.4, -0.2) is 4.98 Å². The molecule has 0 aromatic carbocycles. The molecule has 0 radical (unpaired) electrons. The fourth-order valence-corrected chi connectivity index (χ4v) is 4.04. The first-order valence-corrected chi connectivity index (χ1v) is 6.55. The maximum absolute atomic E-state index is 9.46. The van der Waals surface area contributed by atoms with Gasteiger partial charge in [0.2, 0.25) is 0 Å². The highest BCUT2D eigenvalue weighted by molar-refractivity contribution is 7.07. The molecule has 3 unspecified atom stereocenters. The van der Waals surface area contributed by atoms with Crippen LogP contribution in [0.15, 0.2) is 10.9 Å². The van der Waals surface area contributed by atoms with Crippen LogP contribution in [0.4, 0.5) is 0 Å². The molecule has 3 heteroatoms. The molecular weight excluding hydrogens is 204 g/mol.